The lowest BCUT2D eigenvalue weighted by molar-refractivity contribution is -0.163. The van der Waals surface area contributed by atoms with Crippen LogP contribution in [-0.4, -0.2) is 46.9 Å². The van der Waals surface area contributed by atoms with Crippen molar-refractivity contribution in [3.05, 3.63) is 35.9 Å². The number of nitrogens with zero attached hydrogens (tertiary/aromatic N) is 1. The van der Waals surface area contributed by atoms with Gasteiger partial charge in [0.05, 0.1) is 6.42 Å². The van der Waals surface area contributed by atoms with Crippen LogP contribution in [0.4, 0.5) is 0 Å². The van der Waals surface area contributed by atoms with Crippen LogP contribution in [0.3, 0.4) is 0 Å². The fraction of sp³-hybridized carbons (Fsp3) is 0.591. The van der Waals surface area contributed by atoms with Crippen LogP contribution in [0.25, 0.3) is 0 Å². The highest BCUT2D eigenvalue weighted by molar-refractivity contribution is 5.88. The van der Waals surface area contributed by atoms with Crippen molar-refractivity contribution >= 4 is 17.8 Å². The molecule has 1 aromatic rings. The first-order valence-corrected chi connectivity index (χ1v) is 9.90. The first-order chi connectivity index (χ1) is 13.0. The van der Waals surface area contributed by atoms with E-state index in [0.29, 0.717) is 0 Å². The fourth-order valence-corrected chi connectivity index (χ4v) is 3.12. The van der Waals surface area contributed by atoms with Crippen molar-refractivity contribution in [2.45, 2.75) is 79.1 Å². The molecule has 6 nitrogen and oxygen atoms in total. The third kappa shape index (κ3) is 6.98. The second-order valence-electron chi connectivity index (χ2n) is 7.96. The van der Waals surface area contributed by atoms with Crippen LogP contribution >= 0.6 is 0 Å². The van der Waals surface area contributed by atoms with Gasteiger partial charge in [-0.25, -0.2) is 4.79 Å². The van der Waals surface area contributed by atoms with Gasteiger partial charge in [0.15, 0.2) is 6.10 Å². The molecule has 0 unspecified atom stereocenters. The topological polar surface area (TPSA) is 75.7 Å². The summed E-state index contributed by atoms with van der Waals surface area (Å²) in [7, 11) is 0. The van der Waals surface area contributed by atoms with Gasteiger partial charge in [-0.05, 0) is 46.1 Å². The summed E-state index contributed by atoms with van der Waals surface area (Å²) >= 11 is 0. The maximum Gasteiger partial charge on any atom is 0.329 e. The van der Waals surface area contributed by atoms with Crippen molar-refractivity contribution in [1.82, 2.24) is 10.2 Å². The highest BCUT2D eigenvalue weighted by Crippen LogP contribution is 2.12. The molecule has 0 fully saturated rings. The molecule has 2 atom stereocenters. The van der Waals surface area contributed by atoms with Crippen molar-refractivity contribution in [3.63, 3.8) is 0 Å². The Bertz CT molecular complexity index is 648. The van der Waals surface area contributed by atoms with E-state index in [0.717, 1.165) is 5.56 Å². The summed E-state index contributed by atoms with van der Waals surface area (Å²) in [6.45, 7) is 12.9. The molecule has 28 heavy (non-hydrogen) atoms. The molecule has 156 valence electrons. The molecule has 0 aliphatic carbocycles. The van der Waals surface area contributed by atoms with Crippen LogP contribution < -0.4 is 5.32 Å². The van der Waals surface area contributed by atoms with E-state index in [9.17, 15) is 14.4 Å². The molecule has 0 heterocycles. The molecule has 0 aromatic heterocycles. The Hall–Kier alpha value is -2.37. The third-order valence-electron chi connectivity index (χ3n) is 4.45. The first kappa shape index (κ1) is 23.7. The third-order valence-corrected chi connectivity index (χ3v) is 4.45. The van der Waals surface area contributed by atoms with Crippen molar-refractivity contribution < 1.29 is 19.1 Å². The van der Waals surface area contributed by atoms with E-state index in [2.05, 4.69) is 5.32 Å². The summed E-state index contributed by atoms with van der Waals surface area (Å²) in [6.07, 6.45) is -0.732. The fourth-order valence-electron chi connectivity index (χ4n) is 3.12. The summed E-state index contributed by atoms with van der Waals surface area (Å²) in [5, 5.41) is 2.75. The summed E-state index contributed by atoms with van der Waals surface area (Å²) in [4.78, 5) is 39.4. The molecule has 0 saturated heterocycles. The number of rotatable bonds is 9. The molecule has 1 aromatic carbocycles. The second-order valence-corrected chi connectivity index (χ2v) is 7.96. The predicted octanol–water partition coefficient (Wildman–Crippen LogP) is 2.95. The van der Waals surface area contributed by atoms with E-state index in [-0.39, 0.29) is 36.2 Å². The summed E-state index contributed by atoms with van der Waals surface area (Å²) in [6, 6.07) is 8.51. The van der Waals surface area contributed by atoms with Crippen LogP contribution in [0.2, 0.25) is 0 Å². The van der Waals surface area contributed by atoms with E-state index >= 15 is 0 Å². The number of esters is 1. The highest BCUT2D eigenvalue weighted by atomic mass is 16.5. The lowest BCUT2D eigenvalue weighted by Gasteiger charge is -2.33. The molecule has 0 radical (unpaired) electrons. The standard InChI is InChI=1S/C22H34N2O4/c1-14(2)20(23-19(25)13-18-11-9-8-10-12-18)22(27)28-17(7)21(26)24(15(3)4)16(5)6/h8-12,14-17,20H,13H2,1-7H3,(H,23,25)/t17-,20-/m0/s1. The molecular weight excluding hydrogens is 356 g/mol. The number of hydrogen-bond donors (Lipinski definition) is 1. The van der Waals surface area contributed by atoms with Gasteiger partial charge >= 0.3 is 5.97 Å². The molecular formula is C22H34N2O4. The van der Waals surface area contributed by atoms with Gasteiger partial charge < -0.3 is 15.0 Å². The molecule has 1 rings (SSSR count). The molecule has 2 amide bonds. The average molecular weight is 391 g/mol. The van der Waals surface area contributed by atoms with Gasteiger partial charge in [-0.2, -0.15) is 0 Å². The molecule has 1 N–H and O–H groups in total. The zero-order valence-corrected chi connectivity index (χ0v) is 18.1. The van der Waals surface area contributed by atoms with Crippen molar-refractivity contribution in [2.24, 2.45) is 5.92 Å². The van der Waals surface area contributed by atoms with E-state index < -0.39 is 18.1 Å². The molecule has 0 aliphatic heterocycles. The zero-order chi connectivity index (χ0) is 21.4. The Morgan fingerprint density at radius 2 is 1.46 bits per heavy atom. The Balaban J connectivity index is 2.76. The number of nitrogens with one attached hydrogen (secondary N) is 1. The van der Waals surface area contributed by atoms with Crippen LogP contribution in [-0.2, 0) is 25.5 Å². The lowest BCUT2D eigenvalue weighted by Crippen LogP contribution is -2.50. The largest absolute Gasteiger partial charge is 0.451 e. The Labute approximate surface area is 168 Å². The van der Waals surface area contributed by atoms with Crippen LogP contribution in [0.15, 0.2) is 30.3 Å². The van der Waals surface area contributed by atoms with Gasteiger partial charge in [0, 0.05) is 12.1 Å². The number of hydrogen-bond acceptors (Lipinski definition) is 4. The first-order valence-electron chi connectivity index (χ1n) is 9.90. The normalized spacial score (nSPS) is 13.4. The zero-order valence-electron chi connectivity index (χ0n) is 18.1. The maximum atomic E-state index is 12.7. The molecule has 6 heteroatoms. The monoisotopic (exact) mass is 390 g/mol. The number of amides is 2. The van der Waals surface area contributed by atoms with Crippen molar-refractivity contribution in [2.75, 3.05) is 0 Å². The summed E-state index contributed by atoms with van der Waals surface area (Å²) in [5.74, 6) is -1.26. The van der Waals surface area contributed by atoms with E-state index in [1.54, 1.807) is 11.8 Å². The van der Waals surface area contributed by atoms with Gasteiger partial charge in [-0.1, -0.05) is 44.2 Å². The Morgan fingerprint density at radius 1 is 0.929 bits per heavy atom. The van der Waals surface area contributed by atoms with E-state index in [4.69, 9.17) is 4.74 Å². The summed E-state index contributed by atoms with van der Waals surface area (Å²) in [5.41, 5.74) is 0.865. The minimum absolute atomic E-state index is 0.000114. The number of carbonyl (C=O) groups excluding carboxylic acids is 3. The van der Waals surface area contributed by atoms with E-state index in [1.807, 2.05) is 71.9 Å². The van der Waals surface area contributed by atoms with Crippen molar-refractivity contribution in [1.29, 1.82) is 0 Å². The quantitative estimate of drug-likeness (QED) is 0.658. The van der Waals surface area contributed by atoms with E-state index in [1.165, 1.54) is 0 Å². The summed E-state index contributed by atoms with van der Waals surface area (Å²) < 4.78 is 5.42. The number of carbonyl (C=O) groups is 3. The Kier molecular flexibility index (Phi) is 9.16. The predicted molar refractivity (Wildman–Crippen MR) is 110 cm³/mol. The number of ether oxygens (including phenoxy) is 1. The van der Waals surface area contributed by atoms with Crippen LogP contribution in [0.1, 0.15) is 54.0 Å². The SMILES string of the molecule is CC(C)[C@H](NC(=O)Cc1ccccc1)C(=O)O[C@@H](C)C(=O)N(C(C)C)C(C)C. The van der Waals surface area contributed by atoms with Gasteiger partial charge in [-0.3, -0.25) is 9.59 Å². The maximum absolute atomic E-state index is 12.7. The average Bonchev–Trinajstić information content (AvgIpc) is 2.59. The highest BCUT2D eigenvalue weighted by Gasteiger charge is 2.32. The minimum atomic E-state index is -0.912. The smallest absolute Gasteiger partial charge is 0.329 e. The van der Waals surface area contributed by atoms with Crippen LogP contribution in [0, 0.1) is 5.92 Å². The molecule has 0 saturated carbocycles. The second kappa shape index (κ2) is 10.8. The van der Waals surface area contributed by atoms with Gasteiger partial charge in [0.2, 0.25) is 5.91 Å². The lowest BCUT2D eigenvalue weighted by atomic mass is 10.0. The molecule has 0 aliphatic rings. The number of benzene rings is 1. The molecule has 0 spiro atoms. The van der Waals surface area contributed by atoms with Crippen molar-refractivity contribution in [3.8, 4) is 0 Å². The minimum Gasteiger partial charge on any atom is -0.451 e. The Morgan fingerprint density at radius 3 is 1.93 bits per heavy atom. The van der Waals surface area contributed by atoms with Crippen LogP contribution in [0.5, 0.6) is 0 Å². The van der Waals surface area contributed by atoms with Gasteiger partial charge in [-0.15, -0.1) is 0 Å². The molecule has 0 bridgehead atoms. The van der Waals surface area contributed by atoms with Gasteiger partial charge in [0.1, 0.15) is 6.04 Å². The van der Waals surface area contributed by atoms with Gasteiger partial charge in [0.25, 0.3) is 5.91 Å².